The highest BCUT2D eigenvalue weighted by Gasteiger charge is 2.66. The Bertz CT molecular complexity index is 2170. The minimum Gasteiger partial charge on any atom is -0.508 e. The lowest BCUT2D eigenvalue weighted by atomic mass is 9.90. The summed E-state index contributed by atoms with van der Waals surface area (Å²) < 4.78 is 20.9. The van der Waals surface area contributed by atoms with Crippen LogP contribution in [0.25, 0.3) is 33.4 Å². The van der Waals surface area contributed by atoms with Crippen molar-refractivity contribution in [1.82, 2.24) is 5.32 Å². The molecule has 5 rings (SSSR count). The highest BCUT2D eigenvalue weighted by Crippen LogP contribution is 2.55. The Morgan fingerprint density at radius 1 is 1.00 bits per heavy atom. The summed E-state index contributed by atoms with van der Waals surface area (Å²) in [6.45, 7) is 27.2. The number of hydrogen-bond acceptors (Lipinski definition) is 8. The molecule has 2 aromatic rings. The number of anilines is 1. The van der Waals surface area contributed by atoms with Crippen LogP contribution in [0.4, 0.5) is 5.69 Å². The Kier molecular flexibility index (Phi) is 12.8. The first-order valence-electron chi connectivity index (χ1n) is 19.4. The van der Waals surface area contributed by atoms with Gasteiger partial charge in [-0.15, -0.1) is 6.58 Å². The first-order chi connectivity index (χ1) is 26.0. The number of benzene rings is 3. The molecule has 1 saturated heterocycles. The summed E-state index contributed by atoms with van der Waals surface area (Å²) in [5.74, 6) is -0.880. The van der Waals surface area contributed by atoms with Crippen molar-refractivity contribution < 1.29 is 32.5 Å². The van der Waals surface area contributed by atoms with Gasteiger partial charge in [-0.05, 0) is 115 Å². The molecule has 0 spiro atoms. The number of carboxylic acids is 1. The van der Waals surface area contributed by atoms with E-state index in [0.717, 1.165) is 18.0 Å². The van der Waals surface area contributed by atoms with E-state index < -0.39 is 39.5 Å². The zero-order chi connectivity index (χ0) is 41.5. The normalized spacial score (nSPS) is 24.3. The molecule has 6 unspecified atom stereocenters. The number of aromatic carboxylic acids is 1. The molecule has 0 radical (unpaired) electrons. The Labute approximate surface area is 340 Å². The third-order valence-electron chi connectivity index (χ3n) is 12.6. The molecule has 5 N–H and O–H groups in total. The van der Waals surface area contributed by atoms with Gasteiger partial charge in [0.25, 0.3) is 0 Å². The van der Waals surface area contributed by atoms with Crippen LogP contribution in [0.3, 0.4) is 0 Å². The van der Waals surface area contributed by atoms with Crippen LogP contribution >= 0.6 is 12.2 Å². The monoisotopic (exact) mass is 850 g/mol. The number of carboxylic acid groups (broad SMARTS) is 1. The van der Waals surface area contributed by atoms with E-state index in [1.165, 1.54) is 30.3 Å². The maximum Gasteiger partial charge on any atom is 0.336 e. The highest BCUT2D eigenvalue weighted by atomic mass is 32.1. The van der Waals surface area contributed by atoms with Gasteiger partial charge in [0.1, 0.15) is 17.1 Å². The average Bonchev–Trinajstić information content (AvgIpc) is 3.10. The third kappa shape index (κ3) is 8.55. The molecular weight excluding hydrogens is 793 g/mol. The van der Waals surface area contributed by atoms with Crippen LogP contribution in [0.5, 0.6) is 5.75 Å². The second-order valence-electron chi connectivity index (χ2n) is 17.0. The van der Waals surface area contributed by atoms with Crippen LogP contribution in [0.15, 0.2) is 76.0 Å². The summed E-state index contributed by atoms with van der Waals surface area (Å²) in [5.41, 5.74) is 3.78. The fourth-order valence-corrected chi connectivity index (χ4v) is 39.3. The van der Waals surface area contributed by atoms with Crippen LogP contribution in [-0.2, 0) is 8.23 Å². The zero-order valence-corrected chi connectivity index (χ0v) is 39.1. The molecule has 15 heteroatoms. The molecule has 0 bridgehead atoms. The molecule has 0 aromatic heterocycles. The summed E-state index contributed by atoms with van der Waals surface area (Å²) in [4.78, 5) is 36.9. The van der Waals surface area contributed by atoms with Crippen molar-refractivity contribution >= 4 is 73.5 Å². The van der Waals surface area contributed by atoms with Crippen molar-refractivity contribution in [2.45, 2.75) is 108 Å². The number of carbonyl (C=O) groups is 1. The number of thiocarbonyl (C=S) groups is 1. The molecule has 0 amide bonds. The average molecular weight is 851 g/mol. The smallest absolute Gasteiger partial charge is 0.336 e. The minimum absolute atomic E-state index is 0.0197. The zero-order valence-electron chi connectivity index (χ0n) is 34.3. The highest BCUT2D eigenvalue weighted by molar-refractivity contribution is 7.80. The molecule has 302 valence electrons. The second kappa shape index (κ2) is 16.4. The second-order valence-corrected chi connectivity index (χ2v) is 35.8. The van der Waals surface area contributed by atoms with E-state index in [1.54, 1.807) is 24.3 Å². The van der Waals surface area contributed by atoms with Crippen molar-refractivity contribution in [3.05, 3.63) is 82.5 Å². The minimum atomic E-state index is -2.82. The van der Waals surface area contributed by atoms with Crippen molar-refractivity contribution in [2.24, 2.45) is 0 Å². The van der Waals surface area contributed by atoms with Crippen LogP contribution in [0, 0.1) is 0 Å². The number of hydrogen-bond donors (Lipinski definition) is 5. The van der Waals surface area contributed by atoms with Crippen molar-refractivity contribution in [1.29, 1.82) is 0 Å². The SMILES string of the molecule is C=C(C)C[Si]1(CCCNC(=S)Nc2ccc(-c3c4ccc(=O)cc-4oc4cc(O)ccc34)c(C(=O)O)c2)O[Si](C)(C(C)C)C(C)[Si](C)(C(C)[Si](C)(O)C(C)C)O1. The van der Waals surface area contributed by atoms with Crippen LogP contribution in [0.1, 0.15) is 65.2 Å². The van der Waals surface area contributed by atoms with E-state index >= 15 is 0 Å². The molecule has 10 nitrogen and oxygen atoms in total. The predicted molar refractivity (Wildman–Crippen MR) is 240 cm³/mol. The lowest BCUT2D eigenvalue weighted by molar-refractivity contribution is 0.0697. The predicted octanol–water partition coefficient (Wildman–Crippen LogP) is 10.1. The quantitative estimate of drug-likeness (QED) is 0.0288. The number of phenols is 1. The van der Waals surface area contributed by atoms with Gasteiger partial charge in [-0.25, -0.2) is 4.79 Å². The molecule has 3 aliphatic rings. The molecule has 2 heterocycles. The summed E-state index contributed by atoms with van der Waals surface area (Å²) in [6.07, 6.45) is 0.744. The number of fused-ring (bicyclic) bond motifs is 2. The number of allylic oxidation sites excluding steroid dienone is 1. The van der Waals surface area contributed by atoms with E-state index in [-0.39, 0.29) is 33.2 Å². The van der Waals surface area contributed by atoms with E-state index in [0.29, 0.717) is 61.8 Å². The first kappa shape index (κ1) is 43.7. The largest absolute Gasteiger partial charge is 0.508 e. The molecule has 2 aromatic carbocycles. The lowest BCUT2D eigenvalue weighted by Gasteiger charge is -2.60. The molecule has 1 aliphatic carbocycles. The number of phenolic OH excluding ortho intramolecular Hbond substituents is 1. The Balaban J connectivity index is 1.37. The molecular formula is C41H58N2O8SSi4. The van der Waals surface area contributed by atoms with E-state index in [1.807, 2.05) is 6.92 Å². The lowest BCUT2D eigenvalue weighted by Crippen LogP contribution is -2.73. The van der Waals surface area contributed by atoms with Gasteiger partial charge in [-0.2, -0.15) is 0 Å². The maximum absolute atomic E-state index is 12.7. The molecule has 6 atom stereocenters. The van der Waals surface area contributed by atoms with Gasteiger partial charge in [-0.3, -0.25) is 4.79 Å². The van der Waals surface area contributed by atoms with Gasteiger partial charge in [0.05, 0.1) is 5.56 Å². The summed E-state index contributed by atoms with van der Waals surface area (Å²) in [7, 11) is -10.3. The van der Waals surface area contributed by atoms with Gasteiger partial charge >= 0.3 is 14.5 Å². The third-order valence-corrected chi connectivity index (χ3v) is 40.1. The Hall–Kier alpha value is -3.42. The van der Waals surface area contributed by atoms with Gasteiger partial charge < -0.3 is 38.3 Å². The fourth-order valence-electron chi connectivity index (χ4n) is 8.35. The van der Waals surface area contributed by atoms with Crippen LogP contribution in [-0.4, -0.2) is 66.1 Å². The fraction of sp³-hybridized carbons (Fsp3) is 0.439. The van der Waals surface area contributed by atoms with Crippen molar-refractivity contribution in [3.63, 3.8) is 0 Å². The number of aromatic hydroxyl groups is 1. The van der Waals surface area contributed by atoms with E-state index in [2.05, 4.69) is 78.4 Å². The van der Waals surface area contributed by atoms with Crippen molar-refractivity contribution in [3.8, 4) is 28.2 Å². The Morgan fingerprint density at radius 2 is 1.66 bits per heavy atom. The summed E-state index contributed by atoms with van der Waals surface area (Å²) >= 11 is 5.70. The Morgan fingerprint density at radius 3 is 2.29 bits per heavy atom. The topological polar surface area (TPSA) is 150 Å². The van der Waals surface area contributed by atoms with Crippen LogP contribution in [0.2, 0.25) is 53.1 Å². The van der Waals surface area contributed by atoms with Gasteiger partial charge in [-0.1, -0.05) is 53.2 Å². The van der Waals surface area contributed by atoms with Crippen molar-refractivity contribution in [2.75, 3.05) is 11.9 Å². The standard InChI is InChI=1S/C41H58N2O8SSi4/c1-25(2)24-56(50-54(10,27(5)6)29(8)55(11,51-56)28(7)53(9,48)26(3)4)20-12-19-42-41(52)43-30-13-16-33(36(21-30)40(46)47)39-34-17-14-31(44)22-37(34)49-38-23-32(45)15-18-35(38)39/h13-18,21-23,26-29,44,48H,1,12,19-20,24H2,2-11H3,(H,46,47)(H2,42,43,52). The molecule has 0 saturated carbocycles. The number of rotatable bonds is 13. The first-order valence-corrected chi connectivity index (χ1v) is 29.8. The van der Waals surface area contributed by atoms with Gasteiger partial charge in [0, 0.05) is 46.9 Å². The summed E-state index contributed by atoms with van der Waals surface area (Å²) in [5, 5.41) is 28.4. The number of nitrogens with one attached hydrogen (secondary N) is 2. The van der Waals surface area contributed by atoms with E-state index in [4.69, 9.17) is 24.9 Å². The molecule has 2 aliphatic heterocycles. The molecule has 56 heavy (non-hydrogen) atoms. The van der Waals surface area contributed by atoms with Gasteiger partial charge in [0.15, 0.2) is 35.5 Å². The van der Waals surface area contributed by atoms with Crippen LogP contribution < -0.4 is 16.1 Å². The maximum atomic E-state index is 12.7. The summed E-state index contributed by atoms with van der Waals surface area (Å²) in [6, 6.07) is 15.5. The van der Waals surface area contributed by atoms with Gasteiger partial charge in [0.2, 0.25) is 0 Å². The molecule has 1 fully saturated rings. The van der Waals surface area contributed by atoms with E-state index in [9.17, 15) is 24.6 Å².